The van der Waals surface area contributed by atoms with Gasteiger partial charge in [-0.1, -0.05) is 60.9 Å². The number of hydrogen-bond acceptors (Lipinski definition) is 3. The van der Waals surface area contributed by atoms with Crippen molar-refractivity contribution in [3.8, 4) is 0 Å². The zero-order chi connectivity index (χ0) is 26.7. The minimum atomic E-state index is -5.11. The molecule has 0 N–H and O–H groups in total. The van der Waals surface area contributed by atoms with Crippen LogP contribution >= 0.6 is 11.6 Å². The fourth-order valence-electron chi connectivity index (χ4n) is 4.28. The number of likely N-dealkylation sites (tertiary alicyclic amines) is 1. The molecule has 0 bridgehead atoms. The molecule has 2 aliphatic heterocycles. The van der Waals surface area contributed by atoms with Crippen LogP contribution in [0.5, 0.6) is 0 Å². The molecule has 12 heteroatoms. The molecular weight excluding hydrogens is 517 g/mol. The number of benzene rings is 2. The van der Waals surface area contributed by atoms with E-state index in [2.05, 4.69) is 5.16 Å². The van der Waals surface area contributed by atoms with Gasteiger partial charge < -0.3 is 9.74 Å². The number of amides is 1. The van der Waals surface area contributed by atoms with Gasteiger partial charge in [-0.25, -0.2) is 4.39 Å². The van der Waals surface area contributed by atoms with E-state index in [0.29, 0.717) is 6.07 Å². The van der Waals surface area contributed by atoms with Crippen LogP contribution in [0.15, 0.2) is 47.6 Å². The maximum atomic E-state index is 15.2. The summed E-state index contributed by atoms with van der Waals surface area (Å²) in [6.07, 6.45) is -11.0. The fourth-order valence-corrected chi connectivity index (χ4v) is 4.50. The topological polar surface area (TPSA) is 41.9 Å². The van der Waals surface area contributed by atoms with Crippen molar-refractivity contribution in [1.29, 1.82) is 0 Å². The van der Waals surface area contributed by atoms with Gasteiger partial charge in [0.2, 0.25) is 5.91 Å². The number of alkyl halides is 7. The highest BCUT2D eigenvalue weighted by Crippen LogP contribution is 2.50. The van der Waals surface area contributed by atoms with E-state index >= 15 is 4.39 Å². The quantitative estimate of drug-likeness (QED) is 0.413. The Morgan fingerprint density at radius 1 is 1.03 bits per heavy atom. The molecule has 4 nitrogen and oxygen atoms in total. The number of carbonyl (C=O) groups excluding carboxylic acids is 1. The Kier molecular flexibility index (Phi) is 6.30. The zero-order valence-electron chi connectivity index (χ0n) is 19.0. The first kappa shape index (κ1) is 26.2. The fraction of sp³-hybridized carbons (Fsp3) is 0.417. The van der Waals surface area contributed by atoms with Crippen LogP contribution in [0.3, 0.4) is 0 Å². The Bertz CT molecular complexity index is 1200. The number of halogens is 8. The van der Waals surface area contributed by atoms with E-state index in [-0.39, 0.29) is 41.8 Å². The molecule has 0 aromatic heterocycles. The molecule has 4 rings (SSSR count). The highest BCUT2D eigenvalue weighted by Gasteiger charge is 2.62. The number of rotatable bonds is 4. The molecule has 36 heavy (non-hydrogen) atoms. The van der Waals surface area contributed by atoms with Gasteiger partial charge >= 0.3 is 12.4 Å². The monoisotopic (exact) mass is 536 g/mol. The number of oxime groups is 1. The van der Waals surface area contributed by atoms with Gasteiger partial charge in [0.1, 0.15) is 0 Å². The van der Waals surface area contributed by atoms with Gasteiger partial charge in [0, 0.05) is 17.9 Å². The van der Waals surface area contributed by atoms with E-state index in [1.165, 1.54) is 29.2 Å². The van der Waals surface area contributed by atoms with Crippen LogP contribution in [0.25, 0.3) is 0 Å². The van der Waals surface area contributed by atoms with Crippen molar-refractivity contribution in [2.75, 3.05) is 13.1 Å². The molecule has 1 saturated heterocycles. The van der Waals surface area contributed by atoms with Crippen LogP contribution in [0.1, 0.15) is 42.5 Å². The Balaban J connectivity index is 1.57. The summed E-state index contributed by atoms with van der Waals surface area (Å²) in [5.74, 6) is -0.462. The SMILES string of the molecule is CC(C)C(=O)N1CC(F)(c2ccc(C3=NOC(c4ccc(Cl)c(C(F)(F)F)c4)(C(F)(F)F)C3)cc2)C1. The van der Waals surface area contributed by atoms with Crippen molar-refractivity contribution in [2.24, 2.45) is 11.1 Å². The molecule has 2 aromatic rings. The van der Waals surface area contributed by atoms with Crippen molar-refractivity contribution in [1.82, 2.24) is 4.90 Å². The van der Waals surface area contributed by atoms with Crippen molar-refractivity contribution < 1.29 is 40.4 Å². The van der Waals surface area contributed by atoms with Crippen molar-refractivity contribution in [3.05, 3.63) is 69.7 Å². The van der Waals surface area contributed by atoms with E-state index in [4.69, 9.17) is 16.4 Å². The molecule has 2 heterocycles. The van der Waals surface area contributed by atoms with Gasteiger partial charge in [-0.05, 0) is 23.3 Å². The second-order valence-electron chi connectivity index (χ2n) is 9.21. The molecule has 0 saturated carbocycles. The molecule has 0 radical (unpaired) electrons. The highest BCUT2D eigenvalue weighted by molar-refractivity contribution is 6.31. The summed E-state index contributed by atoms with van der Waals surface area (Å²) in [6, 6.07) is 7.35. The lowest BCUT2D eigenvalue weighted by Crippen LogP contribution is -2.59. The lowest BCUT2D eigenvalue weighted by atomic mass is 9.84. The Morgan fingerprint density at radius 2 is 1.61 bits per heavy atom. The second-order valence-corrected chi connectivity index (χ2v) is 9.62. The third kappa shape index (κ3) is 4.42. The molecule has 1 atom stereocenters. The van der Waals surface area contributed by atoms with Crippen LogP contribution in [0, 0.1) is 5.92 Å². The molecule has 2 aliphatic rings. The molecule has 1 fully saturated rings. The van der Waals surface area contributed by atoms with Crippen molar-refractivity contribution >= 4 is 23.2 Å². The number of nitrogens with zero attached hydrogens (tertiary/aromatic N) is 2. The van der Waals surface area contributed by atoms with E-state index < -0.39 is 46.2 Å². The normalized spacial score (nSPS) is 21.8. The maximum Gasteiger partial charge on any atom is 0.435 e. The van der Waals surface area contributed by atoms with E-state index in [1.807, 2.05) is 0 Å². The standard InChI is InChI=1S/C24H20ClF7N2O2/c1-13(2)20(35)34-11-21(26,12-34)15-5-3-14(4-6-15)19-10-22(36-33-19,24(30,31)32)16-7-8-18(25)17(9-16)23(27,28)29/h3-9,13H,10-12H2,1-2H3. The first-order valence-corrected chi connectivity index (χ1v) is 11.2. The minimum absolute atomic E-state index is 0.136. The van der Waals surface area contributed by atoms with Crippen molar-refractivity contribution in [2.45, 2.75) is 43.9 Å². The van der Waals surface area contributed by atoms with Crippen LogP contribution in [0.2, 0.25) is 5.02 Å². The summed E-state index contributed by atoms with van der Waals surface area (Å²) in [6.45, 7) is 3.13. The molecule has 0 spiro atoms. The average molecular weight is 537 g/mol. The van der Waals surface area contributed by atoms with Crippen LogP contribution in [0.4, 0.5) is 30.7 Å². The molecular formula is C24H20ClF7N2O2. The Morgan fingerprint density at radius 3 is 2.14 bits per heavy atom. The maximum absolute atomic E-state index is 15.2. The van der Waals surface area contributed by atoms with Gasteiger partial charge in [-0.3, -0.25) is 4.79 Å². The van der Waals surface area contributed by atoms with Gasteiger partial charge in [0.15, 0.2) is 5.67 Å². The van der Waals surface area contributed by atoms with Crippen LogP contribution < -0.4 is 0 Å². The molecule has 0 aliphatic carbocycles. The van der Waals surface area contributed by atoms with E-state index in [9.17, 15) is 31.1 Å². The van der Waals surface area contributed by atoms with E-state index in [1.54, 1.807) is 13.8 Å². The summed E-state index contributed by atoms with van der Waals surface area (Å²) in [5, 5.41) is 2.79. The van der Waals surface area contributed by atoms with Gasteiger partial charge in [-0.15, -0.1) is 0 Å². The Hall–Kier alpha value is -2.82. The summed E-state index contributed by atoms with van der Waals surface area (Å²) < 4.78 is 97.5. The highest BCUT2D eigenvalue weighted by atomic mass is 35.5. The van der Waals surface area contributed by atoms with Crippen LogP contribution in [-0.4, -0.2) is 35.8 Å². The number of hydrogen-bond donors (Lipinski definition) is 0. The van der Waals surface area contributed by atoms with E-state index in [0.717, 1.165) is 12.1 Å². The third-order valence-corrected chi connectivity index (χ3v) is 6.68. The predicted octanol–water partition coefficient (Wildman–Crippen LogP) is 6.60. The molecule has 1 amide bonds. The lowest BCUT2D eigenvalue weighted by molar-refractivity contribution is -0.276. The first-order valence-electron chi connectivity index (χ1n) is 10.8. The smallest absolute Gasteiger partial charge is 0.374 e. The third-order valence-electron chi connectivity index (χ3n) is 6.35. The van der Waals surface area contributed by atoms with Gasteiger partial charge in [0.05, 0.1) is 29.4 Å². The second kappa shape index (κ2) is 8.64. The summed E-state index contributed by atoms with van der Waals surface area (Å²) in [5.41, 5.74) is -6.90. The molecule has 1 unspecified atom stereocenters. The zero-order valence-corrected chi connectivity index (χ0v) is 19.7. The first-order chi connectivity index (χ1) is 16.6. The average Bonchev–Trinajstić information content (AvgIpc) is 3.23. The van der Waals surface area contributed by atoms with Crippen molar-refractivity contribution in [3.63, 3.8) is 0 Å². The Labute approximate surface area is 206 Å². The minimum Gasteiger partial charge on any atom is -0.374 e. The number of carbonyl (C=O) groups is 1. The van der Waals surface area contributed by atoms with Gasteiger partial charge in [0.25, 0.3) is 5.60 Å². The largest absolute Gasteiger partial charge is 0.435 e. The lowest BCUT2D eigenvalue weighted by Gasteiger charge is -2.45. The summed E-state index contributed by atoms with van der Waals surface area (Å²) in [4.78, 5) is 18.2. The molecule has 2 aromatic carbocycles. The molecule has 194 valence electrons. The predicted molar refractivity (Wildman–Crippen MR) is 117 cm³/mol. The summed E-state index contributed by atoms with van der Waals surface area (Å²) in [7, 11) is 0. The van der Waals surface area contributed by atoms with Crippen LogP contribution in [-0.2, 0) is 27.1 Å². The van der Waals surface area contributed by atoms with Gasteiger partial charge in [-0.2, -0.15) is 26.3 Å². The summed E-state index contributed by atoms with van der Waals surface area (Å²) >= 11 is 5.56.